The van der Waals surface area contributed by atoms with Gasteiger partial charge in [-0.2, -0.15) is 0 Å². The van der Waals surface area contributed by atoms with Gasteiger partial charge in [0.2, 0.25) is 21.8 Å². The van der Waals surface area contributed by atoms with Gasteiger partial charge in [0.1, 0.15) is 12.6 Å². The molecule has 11 heteroatoms. The molecule has 0 aromatic heterocycles. The van der Waals surface area contributed by atoms with Crippen molar-refractivity contribution in [2.24, 2.45) is 0 Å². The van der Waals surface area contributed by atoms with E-state index >= 15 is 0 Å². The lowest BCUT2D eigenvalue weighted by Gasteiger charge is -2.32. The molecule has 0 saturated carbocycles. The summed E-state index contributed by atoms with van der Waals surface area (Å²) in [6.45, 7) is 1.33. The largest absolute Gasteiger partial charge is 0.357 e. The van der Waals surface area contributed by atoms with Crippen LogP contribution in [-0.4, -0.2) is 51.0 Å². The molecule has 0 saturated heterocycles. The molecule has 2 aromatic rings. The summed E-state index contributed by atoms with van der Waals surface area (Å²) >= 11 is 18.0. The third-order valence-corrected chi connectivity index (χ3v) is 6.54. The Bertz CT molecular complexity index is 1060. The summed E-state index contributed by atoms with van der Waals surface area (Å²) in [6, 6.07) is 10.3. The number of benzene rings is 2. The van der Waals surface area contributed by atoms with E-state index in [4.69, 9.17) is 34.8 Å². The second kappa shape index (κ2) is 11.2. The molecule has 1 unspecified atom stereocenters. The average molecular weight is 521 g/mol. The topological polar surface area (TPSA) is 86.8 Å². The van der Waals surface area contributed by atoms with E-state index < -0.39 is 28.5 Å². The second-order valence-electron chi connectivity index (χ2n) is 7.08. The normalized spacial score (nSPS) is 12.2. The summed E-state index contributed by atoms with van der Waals surface area (Å²) in [5.41, 5.74) is 0.889. The Balaban J connectivity index is 2.45. The second-order valence-corrected chi connectivity index (χ2v) is 10.3. The number of nitrogens with one attached hydrogen (secondary N) is 1. The van der Waals surface area contributed by atoms with Crippen molar-refractivity contribution in [3.8, 4) is 0 Å². The first kappa shape index (κ1) is 26.3. The molecule has 0 radical (unpaired) electrons. The number of nitrogens with zero attached hydrogens (tertiary/aromatic N) is 2. The van der Waals surface area contributed by atoms with Crippen LogP contribution in [0.2, 0.25) is 15.1 Å². The number of hydrogen-bond acceptors (Lipinski definition) is 4. The molecular weight excluding hydrogens is 497 g/mol. The van der Waals surface area contributed by atoms with Crippen molar-refractivity contribution in [2.45, 2.75) is 25.9 Å². The molecule has 1 atom stereocenters. The fourth-order valence-corrected chi connectivity index (χ4v) is 4.64. The van der Waals surface area contributed by atoms with Crippen molar-refractivity contribution in [1.82, 2.24) is 10.2 Å². The summed E-state index contributed by atoms with van der Waals surface area (Å²) in [6.07, 6.45) is 1.32. The van der Waals surface area contributed by atoms with Crippen LogP contribution >= 0.6 is 34.8 Å². The average Bonchev–Trinajstić information content (AvgIpc) is 2.71. The highest BCUT2D eigenvalue weighted by Gasteiger charge is 2.31. The predicted molar refractivity (Wildman–Crippen MR) is 129 cm³/mol. The summed E-state index contributed by atoms with van der Waals surface area (Å²) in [4.78, 5) is 27.2. The van der Waals surface area contributed by atoms with Gasteiger partial charge in [0.15, 0.2) is 0 Å². The fourth-order valence-electron chi connectivity index (χ4n) is 3.17. The van der Waals surface area contributed by atoms with E-state index in [1.807, 2.05) is 0 Å². The molecule has 2 rings (SSSR count). The van der Waals surface area contributed by atoms with Crippen LogP contribution in [0.3, 0.4) is 0 Å². The number of rotatable bonds is 9. The standard InChI is InChI=1S/C21H24Cl3N3O4S/c1-4-19(21(29)25-2)26(12-14-5-7-15(22)8-6-14)20(28)13-27(32(3,30)31)18-10-16(23)9-17(24)11-18/h5-11,19H,4,12-13H2,1-3H3,(H,25,29). The maximum absolute atomic E-state index is 13.4. The first-order valence-electron chi connectivity index (χ1n) is 9.65. The molecule has 0 heterocycles. The van der Waals surface area contributed by atoms with Crippen LogP contribution in [0, 0.1) is 0 Å². The van der Waals surface area contributed by atoms with Gasteiger partial charge in [-0.25, -0.2) is 8.42 Å². The van der Waals surface area contributed by atoms with Crippen molar-refractivity contribution < 1.29 is 18.0 Å². The zero-order valence-electron chi connectivity index (χ0n) is 17.8. The quantitative estimate of drug-likeness (QED) is 0.542. The van der Waals surface area contributed by atoms with Crippen LogP contribution < -0.4 is 9.62 Å². The van der Waals surface area contributed by atoms with Crippen molar-refractivity contribution in [1.29, 1.82) is 0 Å². The Morgan fingerprint density at radius 2 is 1.56 bits per heavy atom. The fraction of sp³-hybridized carbons (Fsp3) is 0.333. The van der Waals surface area contributed by atoms with Crippen molar-refractivity contribution in [3.63, 3.8) is 0 Å². The lowest BCUT2D eigenvalue weighted by molar-refractivity contribution is -0.140. The Hall–Kier alpha value is -2.00. The van der Waals surface area contributed by atoms with Gasteiger partial charge in [0.25, 0.3) is 0 Å². The minimum atomic E-state index is -3.87. The number of anilines is 1. The number of carbonyl (C=O) groups excluding carboxylic acids is 2. The van der Waals surface area contributed by atoms with Crippen LogP contribution in [-0.2, 0) is 26.2 Å². The van der Waals surface area contributed by atoms with Crippen LogP contribution in [0.1, 0.15) is 18.9 Å². The first-order chi connectivity index (χ1) is 15.0. The van der Waals surface area contributed by atoms with E-state index in [1.165, 1.54) is 30.1 Å². The molecule has 2 aromatic carbocycles. The van der Waals surface area contributed by atoms with E-state index in [1.54, 1.807) is 31.2 Å². The first-order valence-corrected chi connectivity index (χ1v) is 12.6. The summed E-state index contributed by atoms with van der Waals surface area (Å²) < 4.78 is 25.9. The highest BCUT2D eigenvalue weighted by atomic mass is 35.5. The molecule has 2 amide bonds. The smallest absolute Gasteiger partial charge is 0.244 e. The van der Waals surface area contributed by atoms with Gasteiger partial charge in [-0.3, -0.25) is 13.9 Å². The highest BCUT2D eigenvalue weighted by molar-refractivity contribution is 7.92. The molecule has 7 nitrogen and oxygen atoms in total. The lowest BCUT2D eigenvalue weighted by Crippen LogP contribution is -2.51. The zero-order valence-corrected chi connectivity index (χ0v) is 20.9. The third-order valence-electron chi connectivity index (χ3n) is 4.71. The minimum absolute atomic E-state index is 0.0931. The number of likely N-dealkylation sites (N-methyl/N-ethyl adjacent to an activating group) is 1. The number of hydrogen-bond donors (Lipinski definition) is 1. The van der Waals surface area contributed by atoms with Crippen LogP contribution in [0.25, 0.3) is 0 Å². The minimum Gasteiger partial charge on any atom is -0.357 e. The van der Waals surface area contributed by atoms with Crippen LogP contribution in [0.5, 0.6) is 0 Å². The third kappa shape index (κ3) is 7.00. The van der Waals surface area contributed by atoms with E-state index in [9.17, 15) is 18.0 Å². The molecule has 174 valence electrons. The predicted octanol–water partition coefficient (Wildman–Crippen LogP) is 3.97. The Labute approximate surface area is 203 Å². The van der Waals surface area contributed by atoms with Crippen molar-refractivity contribution in [2.75, 3.05) is 24.2 Å². The van der Waals surface area contributed by atoms with Crippen LogP contribution in [0.4, 0.5) is 5.69 Å². The van der Waals surface area contributed by atoms with E-state index in [2.05, 4.69) is 5.32 Å². The van der Waals surface area contributed by atoms with Gasteiger partial charge in [-0.1, -0.05) is 53.9 Å². The van der Waals surface area contributed by atoms with Gasteiger partial charge < -0.3 is 10.2 Å². The molecule has 1 N–H and O–H groups in total. The summed E-state index contributed by atoms with van der Waals surface area (Å²) in [5, 5.41) is 3.54. The van der Waals surface area contributed by atoms with Gasteiger partial charge in [-0.05, 0) is 42.3 Å². The van der Waals surface area contributed by atoms with Gasteiger partial charge in [0.05, 0.1) is 11.9 Å². The monoisotopic (exact) mass is 519 g/mol. The SMILES string of the molecule is CCC(C(=O)NC)N(Cc1ccc(Cl)cc1)C(=O)CN(c1cc(Cl)cc(Cl)c1)S(C)(=O)=O. The van der Waals surface area contributed by atoms with E-state index in [0.717, 1.165) is 16.1 Å². The molecule has 0 bridgehead atoms. The number of sulfonamides is 1. The molecule has 0 aliphatic rings. The Kier molecular flexibility index (Phi) is 9.21. The van der Waals surface area contributed by atoms with Gasteiger partial charge in [0, 0.05) is 28.7 Å². The molecular formula is C21H24Cl3N3O4S. The molecule has 0 spiro atoms. The highest BCUT2D eigenvalue weighted by Crippen LogP contribution is 2.27. The van der Waals surface area contributed by atoms with Crippen molar-refractivity contribution >= 4 is 62.3 Å². The molecule has 0 aliphatic carbocycles. The maximum Gasteiger partial charge on any atom is 0.244 e. The molecule has 0 aliphatic heterocycles. The van der Waals surface area contributed by atoms with E-state index in [-0.39, 0.29) is 28.2 Å². The number of amides is 2. The lowest BCUT2D eigenvalue weighted by atomic mass is 10.1. The zero-order chi connectivity index (χ0) is 24.1. The summed E-state index contributed by atoms with van der Waals surface area (Å²) in [7, 11) is -2.39. The Morgan fingerprint density at radius 3 is 2.03 bits per heavy atom. The number of carbonyl (C=O) groups is 2. The van der Waals surface area contributed by atoms with Gasteiger partial charge in [-0.15, -0.1) is 0 Å². The Morgan fingerprint density at radius 1 is 1.00 bits per heavy atom. The summed E-state index contributed by atoms with van der Waals surface area (Å²) in [5.74, 6) is -0.913. The number of halogens is 3. The van der Waals surface area contributed by atoms with Gasteiger partial charge >= 0.3 is 0 Å². The maximum atomic E-state index is 13.4. The molecule has 32 heavy (non-hydrogen) atoms. The molecule has 0 fully saturated rings. The van der Waals surface area contributed by atoms with Crippen molar-refractivity contribution in [3.05, 3.63) is 63.1 Å². The van der Waals surface area contributed by atoms with E-state index in [0.29, 0.717) is 11.4 Å². The van der Waals surface area contributed by atoms with Crippen LogP contribution in [0.15, 0.2) is 42.5 Å².